The first-order valence-electron chi connectivity index (χ1n) is 6.38. The number of nitrogens with zero attached hydrogens (tertiary/aromatic N) is 2. The Morgan fingerprint density at radius 1 is 1.37 bits per heavy atom. The summed E-state index contributed by atoms with van der Waals surface area (Å²) >= 11 is 3.46. The third kappa shape index (κ3) is 2.32. The fourth-order valence-corrected chi connectivity index (χ4v) is 3.10. The Morgan fingerprint density at radius 2 is 2.21 bits per heavy atom. The van der Waals surface area contributed by atoms with Gasteiger partial charge in [0.1, 0.15) is 5.82 Å². The fourth-order valence-electron chi connectivity index (χ4n) is 2.65. The molecule has 1 aromatic heterocycles. The number of aryl methyl sites for hydroxylation is 1. The maximum absolute atomic E-state index is 6.09. The second-order valence-corrected chi connectivity index (χ2v) is 5.87. The van der Waals surface area contributed by atoms with E-state index >= 15 is 0 Å². The molecule has 0 bridgehead atoms. The number of halogens is 1. The molecule has 0 amide bonds. The van der Waals surface area contributed by atoms with Gasteiger partial charge in [-0.15, -0.1) is 0 Å². The second-order valence-electron chi connectivity index (χ2n) is 4.95. The van der Waals surface area contributed by atoms with Crippen LogP contribution in [0.15, 0.2) is 34.9 Å². The number of nitrogen functional groups attached to an aromatic ring is 1. The van der Waals surface area contributed by atoms with Crippen molar-refractivity contribution in [3.05, 3.63) is 51.6 Å². The lowest BCUT2D eigenvalue weighted by atomic mass is 9.98. The molecule has 0 radical (unpaired) electrons. The van der Waals surface area contributed by atoms with Gasteiger partial charge in [-0.1, -0.05) is 12.1 Å². The number of hydrogen-bond acceptors (Lipinski definition) is 3. The predicted molar refractivity (Wildman–Crippen MR) is 82.3 cm³/mol. The summed E-state index contributed by atoms with van der Waals surface area (Å²) in [5.74, 6) is 1.05. The van der Waals surface area contributed by atoms with Crippen LogP contribution in [0.5, 0.6) is 0 Å². The number of aromatic nitrogens is 1. The van der Waals surface area contributed by atoms with E-state index < -0.39 is 0 Å². The van der Waals surface area contributed by atoms with E-state index in [0.717, 1.165) is 35.5 Å². The first kappa shape index (κ1) is 12.5. The highest BCUT2D eigenvalue weighted by molar-refractivity contribution is 9.10. The van der Waals surface area contributed by atoms with Gasteiger partial charge in [-0.2, -0.15) is 0 Å². The molecule has 98 valence electrons. The van der Waals surface area contributed by atoms with Crippen molar-refractivity contribution in [3.8, 4) is 0 Å². The molecule has 0 atom stereocenters. The van der Waals surface area contributed by atoms with Crippen LogP contribution in [0.1, 0.15) is 16.7 Å². The maximum atomic E-state index is 6.09. The lowest BCUT2D eigenvalue weighted by Gasteiger charge is -2.31. The van der Waals surface area contributed by atoms with Crippen molar-refractivity contribution in [1.82, 2.24) is 4.98 Å². The predicted octanol–water partition coefficient (Wildman–Crippen LogP) is 3.30. The zero-order valence-electron chi connectivity index (χ0n) is 10.9. The van der Waals surface area contributed by atoms with Gasteiger partial charge in [0.05, 0.1) is 0 Å². The summed E-state index contributed by atoms with van der Waals surface area (Å²) in [6.45, 7) is 3.93. The average Bonchev–Trinajstić information content (AvgIpc) is 2.39. The number of benzene rings is 1. The van der Waals surface area contributed by atoms with E-state index in [-0.39, 0.29) is 0 Å². The van der Waals surface area contributed by atoms with Crippen molar-refractivity contribution in [2.24, 2.45) is 0 Å². The van der Waals surface area contributed by atoms with Crippen LogP contribution in [0.2, 0.25) is 0 Å². The average molecular weight is 318 g/mol. The smallest absolute Gasteiger partial charge is 0.131 e. The van der Waals surface area contributed by atoms with Crippen LogP contribution >= 0.6 is 15.9 Å². The van der Waals surface area contributed by atoms with Crippen LogP contribution in [0.3, 0.4) is 0 Å². The molecule has 1 aliphatic heterocycles. The summed E-state index contributed by atoms with van der Waals surface area (Å²) in [6, 6.07) is 8.29. The lowest BCUT2D eigenvalue weighted by Crippen LogP contribution is -2.32. The quantitative estimate of drug-likeness (QED) is 0.821. The van der Waals surface area contributed by atoms with Crippen molar-refractivity contribution in [2.45, 2.75) is 19.9 Å². The Kier molecular flexibility index (Phi) is 3.19. The van der Waals surface area contributed by atoms with Gasteiger partial charge in [0.25, 0.3) is 0 Å². The number of rotatable bonds is 1. The van der Waals surface area contributed by atoms with E-state index in [1.54, 1.807) is 0 Å². The van der Waals surface area contributed by atoms with E-state index in [0.29, 0.717) is 0 Å². The van der Waals surface area contributed by atoms with Gasteiger partial charge in [0.15, 0.2) is 0 Å². The molecule has 2 N–H and O–H groups in total. The largest absolute Gasteiger partial charge is 0.398 e. The topological polar surface area (TPSA) is 42.2 Å². The Hall–Kier alpha value is -1.55. The van der Waals surface area contributed by atoms with E-state index in [4.69, 9.17) is 5.73 Å². The Morgan fingerprint density at radius 3 is 3.00 bits per heavy atom. The summed E-state index contributed by atoms with van der Waals surface area (Å²) in [7, 11) is 0. The number of hydrogen-bond donors (Lipinski definition) is 1. The molecule has 0 fully saturated rings. The number of fused-ring (bicyclic) bond motifs is 1. The van der Waals surface area contributed by atoms with Crippen LogP contribution in [0, 0.1) is 6.92 Å². The molecule has 2 aromatic rings. The van der Waals surface area contributed by atoms with Gasteiger partial charge in [-0.25, -0.2) is 4.98 Å². The molecule has 3 nitrogen and oxygen atoms in total. The van der Waals surface area contributed by atoms with Gasteiger partial charge >= 0.3 is 0 Å². The minimum absolute atomic E-state index is 0.845. The van der Waals surface area contributed by atoms with Crippen molar-refractivity contribution in [3.63, 3.8) is 0 Å². The summed E-state index contributed by atoms with van der Waals surface area (Å²) in [4.78, 5) is 6.85. The highest BCUT2D eigenvalue weighted by Crippen LogP contribution is 2.29. The van der Waals surface area contributed by atoms with E-state index in [1.165, 1.54) is 16.7 Å². The zero-order valence-corrected chi connectivity index (χ0v) is 12.4. The summed E-state index contributed by atoms with van der Waals surface area (Å²) in [5, 5.41) is 0. The van der Waals surface area contributed by atoms with Crippen LogP contribution in [0.25, 0.3) is 0 Å². The van der Waals surface area contributed by atoms with E-state index in [1.807, 2.05) is 18.3 Å². The maximum Gasteiger partial charge on any atom is 0.131 e. The summed E-state index contributed by atoms with van der Waals surface area (Å²) in [5.41, 5.74) is 10.8. The van der Waals surface area contributed by atoms with Crippen LogP contribution in [-0.2, 0) is 13.0 Å². The minimum Gasteiger partial charge on any atom is -0.398 e. The Labute approximate surface area is 121 Å². The Bertz CT molecular complexity index is 625. The van der Waals surface area contributed by atoms with Crippen LogP contribution < -0.4 is 10.6 Å². The third-order valence-corrected chi connectivity index (χ3v) is 4.06. The molecular formula is C15H16BrN3. The second kappa shape index (κ2) is 4.85. The lowest BCUT2D eigenvalue weighted by molar-refractivity contribution is 0.720. The van der Waals surface area contributed by atoms with E-state index in [9.17, 15) is 0 Å². The highest BCUT2D eigenvalue weighted by Gasteiger charge is 2.20. The van der Waals surface area contributed by atoms with Gasteiger partial charge in [0.2, 0.25) is 0 Å². The molecule has 0 aliphatic carbocycles. The molecule has 0 spiro atoms. The monoisotopic (exact) mass is 317 g/mol. The Balaban J connectivity index is 1.95. The SMILES string of the molecule is Cc1cc(Br)cnc1N1CCc2cccc(N)c2C1. The van der Waals surface area contributed by atoms with Crippen molar-refractivity contribution in [1.29, 1.82) is 0 Å². The van der Waals surface area contributed by atoms with E-state index in [2.05, 4.69) is 44.9 Å². The molecule has 19 heavy (non-hydrogen) atoms. The number of nitrogens with two attached hydrogens (primary N) is 1. The molecule has 1 aliphatic rings. The van der Waals surface area contributed by atoms with Crippen molar-refractivity contribution in [2.75, 3.05) is 17.2 Å². The number of pyridine rings is 1. The normalized spacial score (nSPS) is 14.3. The molecule has 3 rings (SSSR count). The van der Waals surface area contributed by atoms with Gasteiger partial charge < -0.3 is 10.6 Å². The van der Waals surface area contributed by atoms with Crippen molar-refractivity contribution >= 4 is 27.4 Å². The standard InChI is InChI=1S/C15H16BrN3/c1-10-7-12(16)8-18-15(10)19-6-5-11-3-2-4-14(17)13(11)9-19/h2-4,7-8H,5-6,9,17H2,1H3. The fraction of sp³-hybridized carbons (Fsp3) is 0.267. The highest BCUT2D eigenvalue weighted by atomic mass is 79.9. The molecule has 2 heterocycles. The van der Waals surface area contributed by atoms with Crippen LogP contribution in [0.4, 0.5) is 11.5 Å². The molecule has 0 unspecified atom stereocenters. The molecule has 0 saturated carbocycles. The van der Waals surface area contributed by atoms with Crippen molar-refractivity contribution < 1.29 is 0 Å². The van der Waals surface area contributed by atoms with Gasteiger partial charge in [0, 0.05) is 29.4 Å². The summed E-state index contributed by atoms with van der Waals surface area (Å²) in [6.07, 6.45) is 2.88. The van der Waals surface area contributed by atoms with Crippen LogP contribution in [-0.4, -0.2) is 11.5 Å². The molecular weight excluding hydrogens is 302 g/mol. The first-order chi connectivity index (χ1) is 9.15. The molecule has 4 heteroatoms. The van der Waals surface area contributed by atoms with Gasteiger partial charge in [-0.05, 0) is 58.1 Å². The molecule has 1 aromatic carbocycles. The number of anilines is 2. The third-order valence-electron chi connectivity index (χ3n) is 3.63. The van der Waals surface area contributed by atoms with Gasteiger partial charge in [-0.3, -0.25) is 0 Å². The molecule has 0 saturated heterocycles. The zero-order chi connectivity index (χ0) is 13.4. The minimum atomic E-state index is 0.845. The first-order valence-corrected chi connectivity index (χ1v) is 7.18. The summed E-state index contributed by atoms with van der Waals surface area (Å²) < 4.78 is 1.02.